The number of rotatable bonds is 6. The first-order valence-electron chi connectivity index (χ1n) is 8.17. The lowest BCUT2D eigenvalue weighted by Crippen LogP contribution is -2.40. The van der Waals surface area contributed by atoms with Crippen molar-refractivity contribution in [2.75, 3.05) is 32.9 Å². The highest BCUT2D eigenvalue weighted by atomic mass is 35.5. The molecule has 1 aliphatic heterocycles. The number of nitrogens with zero attached hydrogens (tertiary/aromatic N) is 1. The maximum atomic E-state index is 13.1. The van der Waals surface area contributed by atoms with Gasteiger partial charge in [0.2, 0.25) is 10.0 Å². The Balaban J connectivity index is 1.65. The van der Waals surface area contributed by atoms with E-state index in [0.29, 0.717) is 31.9 Å². The Morgan fingerprint density at radius 1 is 1.15 bits per heavy atom. The third-order valence-electron chi connectivity index (χ3n) is 4.05. The minimum atomic E-state index is -3.61. The third kappa shape index (κ3) is 4.65. The minimum Gasteiger partial charge on any atom is -0.485 e. The Labute approximate surface area is 161 Å². The summed E-state index contributed by atoms with van der Waals surface area (Å²) in [4.78, 5) is 12.3. The molecule has 1 saturated heterocycles. The number of ether oxygens (including phenoxy) is 2. The van der Waals surface area contributed by atoms with Crippen LogP contribution in [0.4, 0.5) is 4.39 Å². The van der Waals surface area contributed by atoms with Crippen molar-refractivity contribution in [2.24, 2.45) is 0 Å². The molecule has 0 saturated carbocycles. The summed E-state index contributed by atoms with van der Waals surface area (Å²) in [6.45, 7) is 1.05. The molecule has 0 radical (unpaired) electrons. The Kier molecular flexibility index (Phi) is 6.11. The lowest BCUT2D eigenvalue weighted by molar-refractivity contribution is 0.0730. The predicted octanol–water partition coefficient (Wildman–Crippen LogP) is 2.76. The monoisotopic (exact) mass is 413 g/mol. The van der Waals surface area contributed by atoms with E-state index in [-0.39, 0.29) is 28.1 Å². The second-order valence-corrected chi connectivity index (χ2v) is 8.17. The van der Waals surface area contributed by atoms with Crippen LogP contribution in [0.2, 0.25) is 5.02 Å². The molecular formula is C18H17ClFNO5S. The van der Waals surface area contributed by atoms with Gasteiger partial charge in [-0.2, -0.15) is 4.31 Å². The van der Waals surface area contributed by atoms with Gasteiger partial charge in [-0.25, -0.2) is 12.8 Å². The molecular weight excluding hydrogens is 397 g/mol. The summed E-state index contributed by atoms with van der Waals surface area (Å²) in [5.41, 5.74) is 0.309. The Hall–Kier alpha value is -2.00. The largest absolute Gasteiger partial charge is 0.485 e. The maximum absolute atomic E-state index is 13.1. The molecule has 0 spiro atoms. The molecule has 2 aromatic rings. The molecule has 3 rings (SSSR count). The van der Waals surface area contributed by atoms with Crippen molar-refractivity contribution in [3.8, 4) is 5.75 Å². The van der Waals surface area contributed by atoms with Crippen molar-refractivity contribution >= 4 is 27.4 Å². The van der Waals surface area contributed by atoms with Gasteiger partial charge >= 0.3 is 0 Å². The summed E-state index contributed by atoms with van der Waals surface area (Å²) in [5.74, 6) is -0.653. The van der Waals surface area contributed by atoms with E-state index in [0.717, 1.165) is 6.07 Å². The van der Waals surface area contributed by atoms with Crippen molar-refractivity contribution < 1.29 is 27.1 Å². The Morgan fingerprint density at radius 3 is 2.44 bits per heavy atom. The lowest BCUT2D eigenvalue weighted by Gasteiger charge is -2.26. The van der Waals surface area contributed by atoms with E-state index in [1.807, 2.05) is 0 Å². The van der Waals surface area contributed by atoms with Crippen molar-refractivity contribution in [1.82, 2.24) is 4.31 Å². The molecule has 27 heavy (non-hydrogen) atoms. The number of carbonyl (C=O) groups excluding carboxylic acids is 1. The zero-order valence-electron chi connectivity index (χ0n) is 14.2. The molecule has 144 valence electrons. The summed E-state index contributed by atoms with van der Waals surface area (Å²) in [7, 11) is -3.61. The molecule has 0 unspecified atom stereocenters. The molecule has 1 aliphatic rings. The number of morpholine rings is 1. The predicted molar refractivity (Wildman–Crippen MR) is 97.3 cm³/mol. The zero-order chi connectivity index (χ0) is 19.4. The number of sulfonamides is 1. The standard InChI is InChI=1S/C18H17ClFNO5S/c19-16-11-14(3-6-17(16)20)26-12-18(22)13-1-4-15(5-2-13)27(23,24)21-7-9-25-10-8-21/h1-6,11H,7-10,12H2. The average molecular weight is 414 g/mol. The highest BCUT2D eigenvalue weighted by molar-refractivity contribution is 7.89. The van der Waals surface area contributed by atoms with Gasteiger partial charge in [-0.15, -0.1) is 0 Å². The first-order chi connectivity index (χ1) is 12.9. The fraction of sp³-hybridized carbons (Fsp3) is 0.278. The van der Waals surface area contributed by atoms with Gasteiger partial charge in [0.15, 0.2) is 12.4 Å². The van der Waals surface area contributed by atoms with E-state index in [1.54, 1.807) is 0 Å². The van der Waals surface area contributed by atoms with Gasteiger partial charge in [0.1, 0.15) is 11.6 Å². The smallest absolute Gasteiger partial charge is 0.243 e. The second kappa shape index (κ2) is 8.35. The first-order valence-corrected chi connectivity index (χ1v) is 9.99. The topological polar surface area (TPSA) is 72.9 Å². The van der Waals surface area contributed by atoms with Crippen molar-refractivity contribution in [3.63, 3.8) is 0 Å². The van der Waals surface area contributed by atoms with Crippen molar-refractivity contribution in [2.45, 2.75) is 4.90 Å². The van der Waals surface area contributed by atoms with Gasteiger partial charge in [0.05, 0.1) is 23.1 Å². The van der Waals surface area contributed by atoms with Gasteiger partial charge in [-0.05, 0) is 36.4 Å². The van der Waals surface area contributed by atoms with Crippen LogP contribution in [0.25, 0.3) is 0 Å². The van der Waals surface area contributed by atoms with E-state index in [9.17, 15) is 17.6 Å². The summed E-state index contributed by atoms with van der Waals surface area (Å²) in [6, 6.07) is 9.47. The lowest BCUT2D eigenvalue weighted by atomic mass is 10.1. The molecule has 1 fully saturated rings. The van der Waals surface area contributed by atoms with Crippen LogP contribution in [0.5, 0.6) is 5.75 Å². The van der Waals surface area contributed by atoms with Crippen LogP contribution in [-0.2, 0) is 14.8 Å². The summed E-state index contributed by atoms with van der Waals surface area (Å²) in [5, 5.41) is -0.0994. The molecule has 0 aliphatic carbocycles. The van der Waals surface area contributed by atoms with E-state index in [2.05, 4.69) is 0 Å². The van der Waals surface area contributed by atoms with Crippen LogP contribution in [0.1, 0.15) is 10.4 Å². The van der Waals surface area contributed by atoms with E-state index in [1.165, 1.54) is 40.7 Å². The van der Waals surface area contributed by atoms with Gasteiger partial charge < -0.3 is 9.47 Å². The number of hydrogen-bond donors (Lipinski definition) is 0. The summed E-state index contributed by atoms with van der Waals surface area (Å²) >= 11 is 5.66. The average Bonchev–Trinajstić information content (AvgIpc) is 2.69. The molecule has 2 aromatic carbocycles. The zero-order valence-corrected chi connectivity index (χ0v) is 15.8. The van der Waals surface area contributed by atoms with Crippen molar-refractivity contribution in [3.05, 3.63) is 58.9 Å². The molecule has 0 N–H and O–H groups in total. The van der Waals surface area contributed by atoms with Gasteiger partial charge in [-0.1, -0.05) is 11.6 Å². The summed E-state index contributed by atoms with van der Waals surface area (Å²) < 4.78 is 50.1. The maximum Gasteiger partial charge on any atom is 0.243 e. The number of Topliss-reactive ketones (excluding diaryl/α,β-unsaturated/α-hetero) is 1. The van der Waals surface area contributed by atoms with Crippen LogP contribution in [0.3, 0.4) is 0 Å². The van der Waals surface area contributed by atoms with Crippen LogP contribution in [0, 0.1) is 5.82 Å². The molecule has 0 bridgehead atoms. The third-order valence-corrected chi connectivity index (χ3v) is 6.25. The van der Waals surface area contributed by atoms with E-state index in [4.69, 9.17) is 21.1 Å². The Morgan fingerprint density at radius 2 is 1.81 bits per heavy atom. The van der Waals surface area contributed by atoms with E-state index < -0.39 is 15.8 Å². The van der Waals surface area contributed by atoms with Gasteiger partial charge in [0, 0.05) is 24.7 Å². The Bertz CT molecular complexity index is 927. The molecule has 9 heteroatoms. The fourth-order valence-electron chi connectivity index (χ4n) is 2.55. The van der Waals surface area contributed by atoms with Crippen LogP contribution >= 0.6 is 11.6 Å². The van der Waals surface area contributed by atoms with Crippen LogP contribution in [-0.4, -0.2) is 51.4 Å². The number of benzene rings is 2. The van der Waals surface area contributed by atoms with Crippen LogP contribution < -0.4 is 4.74 Å². The molecule has 0 atom stereocenters. The highest BCUT2D eigenvalue weighted by Crippen LogP contribution is 2.22. The van der Waals surface area contributed by atoms with Crippen LogP contribution in [0.15, 0.2) is 47.4 Å². The highest BCUT2D eigenvalue weighted by Gasteiger charge is 2.26. The first kappa shape index (κ1) is 19.8. The number of ketones is 1. The van der Waals surface area contributed by atoms with Crippen molar-refractivity contribution in [1.29, 1.82) is 0 Å². The van der Waals surface area contributed by atoms with Gasteiger partial charge in [-0.3, -0.25) is 4.79 Å². The van der Waals surface area contributed by atoms with E-state index >= 15 is 0 Å². The van der Waals surface area contributed by atoms with Gasteiger partial charge in [0.25, 0.3) is 0 Å². The minimum absolute atomic E-state index is 0.0994. The molecule has 0 amide bonds. The number of hydrogen-bond acceptors (Lipinski definition) is 5. The molecule has 0 aromatic heterocycles. The number of carbonyl (C=O) groups is 1. The molecule has 6 nitrogen and oxygen atoms in total. The second-order valence-electron chi connectivity index (χ2n) is 5.83. The normalized spacial score (nSPS) is 15.5. The number of halogens is 2. The SMILES string of the molecule is O=C(COc1ccc(F)c(Cl)c1)c1ccc(S(=O)(=O)N2CCOCC2)cc1. The quantitative estimate of drug-likeness (QED) is 0.681. The molecule has 1 heterocycles. The summed E-state index contributed by atoms with van der Waals surface area (Å²) in [6.07, 6.45) is 0. The fourth-order valence-corrected chi connectivity index (χ4v) is 4.13.